The van der Waals surface area contributed by atoms with Gasteiger partial charge in [0, 0.05) is 41.9 Å². The molecule has 0 radical (unpaired) electrons. The number of nitrogens with zero attached hydrogens (tertiary/aromatic N) is 3. The monoisotopic (exact) mass is 505 g/mol. The Morgan fingerprint density at radius 1 is 0.568 bits per heavy atom. The van der Waals surface area contributed by atoms with Gasteiger partial charge in [-0.25, -0.2) is 27.3 Å². The van der Waals surface area contributed by atoms with Gasteiger partial charge < -0.3 is 5.11 Å². The minimum absolute atomic E-state index is 0.0810. The molecule has 186 valence electrons. The quantitative estimate of drug-likeness (QED) is 0.272. The summed E-state index contributed by atoms with van der Waals surface area (Å²) in [6.45, 7) is 0. The molecular formula is C28H19F4N3O2. The van der Waals surface area contributed by atoms with E-state index in [0.29, 0.717) is 22.5 Å². The second-order valence-corrected chi connectivity index (χ2v) is 7.20. The molecule has 0 fully saturated rings. The molecule has 1 N–H and O–H groups in total. The van der Waals surface area contributed by atoms with Crippen molar-refractivity contribution >= 4 is 5.97 Å². The van der Waals surface area contributed by atoms with Crippen molar-refractivity contribution in [1.29, 1.82) is 0 Å². The fourth-order valence-electron chi connectivity index (χ4n) is 2.93. The summed E-state index contributed by atoms with van der Waals surface area (Å²) in [5.41, 5.74) is 1.71. The molecule has 0 aliphatic rings. The summed E-state index contributed by atoms with van der Waals surface area (Å²) in [7, 11) is 0. The van der Waals surface area contributed by atoms with Crippen molar-refractivity contribution in [3.8, 4) is 22.5 Å². The highest BCUT2D eigenvalue weighted by molar-refractivity contribution is 5.85. The van der Waals surface area contributed by atoms with Gasteiger partial charge in [-0.3, -0.25) is 9.97 Å². The molecule has 0 saturated heterocycles. The summed E-state index contributed by atoms with van der Waals surface area (Å²) in [4.78, 5) is 21.7. The van der Waals surface area contributed by atoms with Gasteiger partial charge in [0.05, 0.1) is 11.4 Å². The summed E-state index contributed by atoms with van der Waals surface area (Å²) in [6, 6.07) is 22.0. The molecule has 0 aliphatic carbocycles. The highest BCUT2D eigenvalue weighted by Crippen LogP contribution is 2.21. The minimum atomic E-state index is -0.990. The Morgan fingerprint density at radius 3 is 1.30 bits per heavy atom. The average molecular weight is 505 g/mol. The number of halogens is 4. The molecule has 37 heavy (non-hydrogen) atoms. The number of rotatable bonds is 3. The lowest BCUT2D eigenvalue weighted by Crippen LogP contribution is -1.97. The van der Waals surface area contributed by atoms with Crippen LogP contribution < -0.4 is 0 Å². The molecular weight excluding hydrogens is 486 g/mol. The molecule has 3 heterocycles. The first-order valence-electron chi connectivity index (χ1n) is 10.7. The highest BCUT2D eigenvalue weighted by Gasteiger charge is 2.07. The van der Waals surface area contributed by atoms with Crippen molar-refractivity contribution in [3.05, 3.63) is 139 Å². The Balaban J connectivity index is 0.000000159. The van der Waals surface area contributed by atoms with Gasteiger partial charge >= 0.3 is 5.97 Å². The van der Waals surface area contributed by atoms with Crippen molar-refractivity contribution in [2.24, 2.45) is 0 Å². The zero-order valence-corrected chi connectivity index (χ0v) is 19.1. The molecule has 9 heteroatoms. The van der Waals surface area contributed by atoms with Crippen molar-refractivity contribution in [3.63, 3.8) is 0 Å². The van der Waals surface area contributed by atoms with Crippen molar-refractivity contribution in [1.82, 2.24) is 15.0 Å². The van der Waals surface area contributed by atoms with E-state index in [-0.39, 0.29) is 5.69 Å². The number of aromatic nitrogens is 3. The van der Waals surface area contributed by atoms with E-state index in [2.05, 4.69) is 15.0 Å². The molecule has 0 unspecified atom stereocenters. The molecule has 0 amide bonds. The first-order valence-corrected chi connectivity index (χ1v) is 10.7. The zero-order valence-electron chi connectivity index (χ0n) is 19.1. The Morgan fingerprint density at radius 2 is 1.00 bits per heavy atom. The van der Waals surface area contributed by atoms with Crippen molar-refractivity contribution < 1.29 is 27.5 Å². The molecule has 3 aromatic heterocycles. The summed E-state index contributed by atoms with van der Waals surface area (Å²) >= 11 is 0. The highest BCUT2D eigenvalue weighted by atomic mass is 19.1. The van der Waals surface area contributed by atoms with Crippen LogP contribution in [0.2, 0.25) is 0 Å². The van der Waals surface area contributed by atoms with Crippen LogP contribution in [0.5, 0.6) is 0 Å². The fourth-order valence-corrected chi connectivity index (χ4v) is 2.93. The molecule has 5 rings (SSSR count). The summed E-state index contributed by atoms with van der Waals surface area (Å²) in [5.74, 6) is -3.34. The van der Waals surface area contributed by atoms with E-state index in [1.807, 2.05) is 0 Å². The molecule has 0 spiro atoms. The third-order valence-electron chi connectivity index (χ3n) is 4.63. The summed E-state index contributed by atoms with van der Waals surface area (Å²) in [5, 5.41) is 8.32. The van der Waals surface area contributed by atoms with Crippen LogP contribution in [0.15, 0.2) is 110 Å². The first kappa shape index (κ1) is 26.7. The van der Waals surface area contributed by atoms with Gasteiger partial charge in [0.1, 0.15) is 29.0 Å². The maximum atomic E-state index is 13.3. The number of benzene rings is 2. The van der Waals surface area contributed by atoms with E-state index in [4.69, 9.17) is 5.11 Å². The maximum absolute atomic E-state index is 13.3. The number of hydrogen-bond donors (Lipinski definition) is 1. The molecule has 0 saturated carbocycles. The minimum Gasteiger partial charge on any atom is -0.477 e. The van der Waals surface area contributed by atoms with Crippen molar-refractivity contribution in [2.45, 2.75) is 0 Å². The molecule has 2 aromatic carbocycles. The molecule has 5 aromatic rings. The second-order valence-electron chi connectivity index (χ2n) is 7.20. The van der Waals surface area contributed by atoms with Gasteiger partial charge in [0.2, 0.25) is 0 Å². The lowest BCUT2D eigenvalue weighted by molar-refractivity contribution is 0.0690. The maximum Gasteiger partial charge on any atom is 0.354 e. The third-order valence-corrected chi connectivity index (χ3v) is 4.63. The van der Waals surface area contributed by atoms with E-state index >= 15 is 0 Å². The zero-order chi connectivity index (χ0) is 26.6. The normalized spacial score (nSPS) is 9.84. The van der Waals surface area contributed by atoms with Crippen molar-refractivity contribution in [2.75, 3.05) is 0 Å². The number of carboxylic acids is 1. The first-order chi connectivity index (χ1) is 17.8. The molecule has 5 nitrogen and oxygen atoms in total. The predicted octanol–water partition coefficient (Wildman–Crippen LogP) is 6.83. The smallest absolute Gasteiger partial charge is 0.354 e. The van der Waals surface area contributed by atoms with E-state index in [0.717, 1.165) is 12.1 Å². The van der Waals surface area contributed by atoms with Crippen LogP contribution in [0.1, 0.15) is 10.5 Å². The number of pyridine rings is 3. The summed E-state index contributed by atoms with van der Waals surface area (Å²) in [6.07, 6.45) is 4.58. The van der Waals surface area contributed by atoms with E-state index < -0.39 is 29.2 Å². The largest absolute Gasteiger partial charge is 0.477 e. The number of aromatic carboxylic acids is 1. The van der Waals surface area contributed by atoms with Crippen LogP contribution in [0, 0.1) is 23.3 Å². The lowest BCUT2D eigenvalue weighted by Gasteiger charge is -2.01. The van der Waals surface area contributed by atoms with Gasteiger partial charge in [0.15, 0.2) is 0 Å². The summed E-state index contributed by atoms with van der Waals surface area (Å²) < 4.78 is 51.7. The Kier molecular flexibility index (Phi) is 9.55. The molecule has 0 atom stereocenters. The molecule has 0 bridgehead atoms. The van der Waals surface area contributed by atoms with Crippen LogP contribution in [-0.4, -0.2) is 26.0 Å². The van der Waals surface area contributed by atoms with Crippen LogP contribution in [0.3, 0.4) is 0 Å². The van der Waals surface area contributed by atoms with Crippen LogP contribution >= 0.6 is 0 Å². The van der Waals surface area contributed by atoms with Crippen LogP contribution in [0.4, 0.5) is 17.6 Å². The molecule has 0 aliphatic heterocycles. The lowest BCUT2D eigenvalue weighted by atomic mass is 10.1. The SMILES string of the molecule is Fc1ccc(-c2ccccn2)c(F)c1.Fc1ccc(-c2ccccn2)c(F)c1.O=C(O)c1ccccn1. The third kappa shape index (κ3) is 8.07. The standard InChI is InChI=1S/2C11H7F2N.C6H5NO2/c2*12-8-4-5-9(10(13)7-8)11-3-1-2-6-14-11;8-6(9)5-3-1-2-4-7-5/h2*1-7H;1-4H,(H,8,9). The van der Waals surface area contributed by atoms with E-state index in [1.165, 1.54) is 36.5 Å². The number of hydrogen-bond acceptors (Lipinski definition) is 4. The van der Waals surface area contributed by atoms with Gasteiger partial charge in [-0.1, -0.05) is 18.2 Å². The number of carbonyl (C=O) groups is 1. The van der Waals surface area contributed by atoms with Gasteiger partial charge in [0.25, 0.3) is 0 Å². The second kappa shape index (κ2) is 13.2. The van der Waals surface area contributed by atoms with Crippen LogP contribution in [-0.2, 0) is 0 Å². The Hall–Kier alpha value is -4.92. The topological polar surface area (TPSA) is 76.0 Å². The average Bonchev–Trinajstić information content (AvgIpc) is 2.91. The van der Waals surface area contributed by atoms with Crippen LogP contribution in [0.25, 0.3) is 22.5 Å². The predicted molar refractivity (Wildman–Crippen MR) is 130 cm³/mol. The Labute approximate surface area is 209 Å². The van der Waals surface area contributed by atoms with E-state index in [1.54, 1.807) is 60.9 Å². The van der Waals surface area contributed by atoms with E-state index in [9.17, 15) is 22.4 Å². The van der Waals surface area contributed by atoms with Gasteiger partial charge in [-0.15, -0.1) is 0 Å². The number of carboxylic acid groups (broad SMARTS) is 1. The van der Waals surface area contributed by atoms with Gasteiger partial charge in [-0.2, -0.15) is 0 Å². The fraction of sp³-hybridized carbons (Fsp3) is 0. The Bertz CT molecular complexity index is 1350. The van der Waals surface area contributed by atoms with Gasteiger partial charge in [-0.05, 0) is 60.7 Å².